The Hall–Kier alpha value is -7.24. The monoisotopic (exact) mass is 701 g/mol. The third kappa shape index (κ3) is 4.35. The number of hydrogen-bond acceptors (Lipinski definition) is 3. The SMILES string of the molecule is c1ccc(-c2cccc(N3c4cccc5c4B(c4ccc(-n6c7ccccc7c7ccccc76)cc4N5c4ccccc4)c4oc5ccccc5c43)c2)cc1. The molecule has 2 aromatic heterocycles. The molecule has 0 unspecified atom stereocenters. The highest BCUT2D eigenvalue weighted by Crippen LogP contribution is 2.47. The number of fused-ring (bicyclic) bond motifs is 9. The maximum Gasteiger partial charge on any atom is 0.297 e. The van der Waals surface area contributed by atoms with Crippen LogP contribution in [0.5, 0.6) is 0 Å². The van der Waals surface area contributed by atoms with Crippen LogP contribution in [0.3, 0.4) is 0 Å². The summed E-state index contributed by atoms with van der Waals surface area (Å²) in [5.74, 6) is 0. The molecule has 2 aliphatic rings. The zero-order valence-electron chi connectivity index (χ0n) is 29.8. The molecule has 0 fully saturated rings. The van der Waals surface area contributed by atoms with Gasteiger partial charge >= 0.3 is 0 Å². The van der Waals surface area contributed by atoms with Gasteiger partial charge in [-0.2, -0.15) is 0 Å². The van der Waals surface area contributed by atoms with Crippen LogP contribution in [0.2, 0.25) is 0 Å². The smallest absolute Gasteiger partial charge is 0.297 e. The minimum atomic E-state index is -0.121. The van der Waals surface area contributed by atoms with Gasteiger partial charge in [0.15, 0.2) is 0 Å². The summed E-state index contributed by atoms with van der Waals surface area (Å²) in [6.45, 7) is -0.121. The second-order valence-corrected chi connectivity index (χ2v) is 14.5. The second kappa shape index (κ2) is 11.6. The zero-order valence-corrected chi connectivity index (χ0v) is 29.8. The van der Waals surface area contributed by atoms with Crippen LogP contribution >= 0.6 is 0 Å². The molecule has 0 spiro atoms. The Morgan fingerprint density at radius 2 is 1.00 bits per heavy atom. The van der Waals surface area contributed by atoms with Crippen LogP contribution in [-0.4, -0.2) is 11.3 Å². The molecule has 2 aliphatic heterocycles. The van der Waals surface area contributed by atoms with Crippen LogP contribution in [-0.2, 0) is 0 Å². The summed E-state index contributed by atoms with van der Waals surface area (Å²) in [6, 6.07) is 70.1. The van der Waals surface area contributed by atoms with E-state index in [-0.39, 0.29) is 6.71 Å². The summed E-state index contributed by atoms with van der Waals surface area (Å²) in [4.78, 5) is 4.89. The predicted octanol–water partition coefficient (Wildman–Crippen LogP) is 11.3. The fraction of sp³-hybridized carbons (Fsp3) is 0. The maximum atomic E-state index is 7.06. The molecular formula is C50H32BN3O. The van der Waals surface area contributed by atoms with Gasteiger partial charge in [0.1, 0.15) is 5.58 Å². The number of hydrogen-bond donors (Lipinski definition) is 0. The van der Waals surface area contributed by atoms with Crippen molar-refractivity contribution >= 4 is 90.2 Å². The fourth-order valence-corrected chi connectivity index (χ4v) is 9.27. The van der Waals surface area contributed by atoms with Crippen LogP contribution in [0.15, 0.2) is 199 Å². The van der Waals surface area contributed by atoms with Crippen molar-refractivity contribution in [2.24, 2.45) is 0 Å². The van der Waals surface area contributed by atoms with E-state index in [1.165, 1.54) is 43.9 Å². The van der Waals surface area contributed by atoms with Gasteiger partial charge < -0.3 is 18.8 Å². The average Bonchev–Trinajstić information content (AvgIpc) is 3.80. The van der Waals surface area contributed by atoms with Crippen molar-refractivity contribution in [1.29, 1.82) is 0 Å². The van der Waals surface area contributed by atoms with E-state index in [0.29, 0.717) is 0 Å². The molecule has 0 aliphatic carbocycles. The van der Waals surface area contributed by atoms with Crippen molar-refractivity contribution in [1.82, 2.24) is 4.57 Å². The number of furan rings is 1. The molecule has 55 heavy (non-hydrogen) atoms. The van der Waals surface area contributed by atoms with Gasteiger partial charge in [0.25, 0.3) is 6.71 Å². The van der Waals surface area contributed by atoms with Crippen molar-refractivity contribution < 1.29 is 4.42 Å². The van der Waals surface area contributed by atoms with E-state index in [4.69, 9.17) is 4.42 Å². The Balaban J connectivity index is 1.15. The highest BCUT2D eigenvalue weighted by molar-refractivity contribution is 7.00. The molecule has 0 bridgehead atoms. The van der Waals surface area contributed by atoms with Crippen molar-refractivity contribution in [3.05, 3.63) is 194 Å². The first-order valence-electron chi connectivity index (χ1n) is 18.9. The third-order valence-corrected chi connectivity index (χ3v) is 11.5. The lowest BCUT2D eigenvalue weighted by Gasteiger charge is -2.42. The lowest BCUT2D eigenvalue weighted by molar-refractivity contribution is 0.651. The number of para-hydroxylation sites is 4. The van der Waals surface area contributed by atoms with Gasteiger partial charge in [0, 0.05) is 50.3 Å². The standard InChI is InChI=1S/C50H32BN3O/c1-3-15-33(16-4-1)34-17-13-20-36(31-34)54-45-27-14-26-44-48(45)51(50-49(54)40-23-9-12-28-47(40)55-50)41-30-29-37(32-46(41)52(44)35-18-5-2-6-19-35)53-42-24-10-7-21-38(42)39-22-8-11-25-43(39)53/h1-32H. The van der Waals surface area contributed by atoms with Gasteiger partial charge in [-0.15, -0.1) is 0 Å². The van der Waals surface area contributed by atoms with Crippen molar-refractivity contribution in [3.8, 4) is 16.8 Å². The second-order valence-electron chi connectivity index (χ2n) is 14.5. The molecule has 0 amide bonds. The number of aromatic nitrogens is 1. The number of benzene rings is 8. The number of anilines is 6. The first kappa shape index (κ1) is 30.2. The molecule has 256 valence electrons. The van der Waals surface area contributed by atoms with E-state index >= 15 is 0 Å². The van der Waals surface area contributed by atoms with Crippen LogP contribution < -0.4 is 26.4 Å². The summed E-state index contributed by atoms with van der Waals surface area (Å²) in [6.07, 6.45) is 0. The Kier molecular flexibility index (Phi) is 6.40. The lowest BCUT2D eigenvalue weighted by atomic mass is 9.35. The highest BCUT2D eigenvalue weighted by atomic mass is 16.3. The first-order chi connectivity index (χ1) is 27.3. The van der Waals surface area contributed by atoms with E-state index in [2.05, 4.69) is 208 Å². The normalized spacial score (nSPS) is 13.0. The first-order valence-corrected chi connectivity index (χ1v) is 18.9. The summed E-state index contributed by atoms with van der Waals surface area (Å²) in [7, 11) is 0. The molecule has 4 heterocycles. The van der Waals surface area contributed by atoms with E-state index in [1.807, 2.05) is 0 Å². The minimum absolute atomic E-state index is 0.121. The Labute approximate surface area is 318 Å². The predicted molar refractivity (Wildman–Crippen MR) is 230 cm³/mol. The highest BCUT2D eigenvalue weighted by Gasteiger charge is 2.46. The molecule has 0 radical (unpaired) electrons. The van der Waals surface area contributed by atoms with Crippen LogP contribution in [0.4, 0.5) is 34.1 Å². The van der Waals surface area contributed by atoms with Crippen molar-refractivity contribution in [2.75, 3.05) is 9.80 Å². The molecule has 0 atom stereocenters. The summed E-state index contributed by atoms with van der Waals surface area (Å²) in [5, 5.41) is 3.61. The lowest BCUT2D eigenvalue weighted by Crippen LogP contribution is -2.61. The van der Waals surface area contributed by atoms with Crippen molar-refractivity contribution in [3.63, 3.8) is 0 Å². The zero-order chi connectivity index (χ0) is 36.0. The van der Waals surface area contributed by atoms with Gasteiger partial charge in [0.05, 0.1) is 22.4 Å². The van der Waals surface area contributed by atoms with Gasteiger partial charge in [0.2, 0.25) is 0 Å². The molecule has 12 rings (SSSR count). The Bertz CT molecular complexity index is 3080. The maximum absolute atomic E-state index is 7.06. The van der Waals surface area contributed by atoms with Gasteiger partial charge in [-0.3, -0.25) is 0 Å². The van der Waals surface area contributed by atoms with E-state index < -0.39 is 0 Å². The molecule has 8 aromatic carbocycles. The summed E-state index contributed by atoms with van der Waals surface area (Å²) < 4.78 is 9.47. The van der Waals surface area contributed by atoms with Crippen molar-refractivity contribution in [2.45, 2.75) is 0 Å². The average molecular weight is 702 g/mol. The minimum Gasteiger partial charge on any atom is -0.468 e. The van der Waals surface area contributed by atoms with Crippen LogP contribution in [0.1, 0.15) is 0 Å². The van der Waals surface area contributed by atoms with Crippen LogP contribution in [0, 0.1) is 0 Å². The molecule has 5 heteroatoms. The topological polar surface area (TPSA) is 24.6 Å². The van der Waals surface area contributed by atoms with E-state index in [9.17, 15) is 0 Å². The summed E-state index contributed by atoms with van der Waals surface area (Å²) in [5.41, 5.74) is 16.9. The van der Waals surface area contributed by atoms with E-state index in [0.717, 1.165) is 56.4 Å². The molecular weight excluding hydrogens is 669 g/mol. The quantitative estimate of drug-likeness (QED) is 0.171. The third-order valence-electron chi connectivity index (χ3n) is 11.5. The fourth-order valence-electron chi connectivity index (χ4n) is 9.27. The molecule has 0 saturated carbocycles. The Morgan fingerprint density at radius 3 is 1.76 bits per heavy atom. The van der Waals surface area contributed by atoms with Gasteiger partial charge in [-0.1, -0.05) is 121 Å². The largest absolute Gasteiger partial charge is 0.468 e. The summed E-state index contributed by atoms with van der Waals surface area (Å²) >= 11 is 0. The number of nitrogens with zero attached hydrogens (tertiary/aromatic N) is 3. The Morgan fingerprint density at radius 1 is 0.400 bits per heavy atom. The molecule has 10 aromatic rings. The number of rotatable bonds is 4. The van der Waals surface area contributed by atoms with E-state index in [1.54, 1.807) is 0 Å². The molecule has 4 nitrogen and oxygen atoms in total. The molecule has 0 saturated heterocycles. The molecule has 0 N–H and O–H groups in total. The van der Waals surface area contributed by atoms with Gasteiger partial charge in [-0.05, 0) is 94.8 Å². The van der Waals surface area contributed by atoms with Gasteiger partial charge in [-0.25, -0.2) is 0 Å². The van der Waals surface area contributed by atoms with Crippen LogP contribution in [0.25, 0.3) is 49.6 Å².